The van der Waals surface area contributed by atoms with Gasteiger partial charge < -0.3 is 14.8 Å². The number of carbonyl (C=O) groups is 1. The quantitative estimate of drug-likeness (QED) is 0.779. The summed E-state index contributed by atoms with van der Waals surface area (Å²) in [5, 5.41) is 7.05. The summed E-state index contributed by atoms with van der Waals surface area (Å²) in [4.78, 5) is 27.0. The van der Waals surface area contributed by atoms with E-state index in [-0.39, 0.29) is 12.1 Å². The van der Waals surface area contributed by atoms with Crippen molar-refractivity contribution in [1.82, 2.24) is 34.2 Å². The van der Waals surface area contributed by atoms with Crippen LogP contribution in [0.3, 0.4) is 0 Å². The van der Waals surface area contributed by atoms with E-state index in [0.29, 0.717) is 11.5 Å². The fourth-order valence-corrected chi connectivity index (χ4v) is 3.11. The molecule has 1 saturated heterocycles. The van der Waals surface area contributed by atoms with Gasteiger partial charge in [0.05, 0.1) is 18.1 Å². The maximum atomic E-state index is 12.8. The Labute approximate surface area is 144 Å². The number of pyridine rings is 1. The van der Waals surface area contributed by atoms with Crippen LogP contribution in [0.2, 0.25) is 0 Å². The van der Waals surface area contributed by atoms with Gasteiger partial charge in [-0.2, -0.15) is 5.10 Å². The van der Waals surface area contributed by atoms with Crippen LogP contribution < -0.4 is 5.32 Å². The lowest BCUT2D eigenvalue weighted by atomic mass is 10.2. The predicted octanol–water partition coefficient (Wildman–Crippen LogP) is 1.56. The second kappa shape index (κ2) is 6.71. The number of rotatable bonds is 4. The lowest BCUT2D eigenvalue weighted by Gasteiger charge is -2.25. The van der Waals surface area contributed by atoms with Crippen molar-refractivity contribution in [3.63, 3.8) is 0 Å². The average molecular weight is 338 g/mol. The van der Waals surface area contributed by atoms with Crippen molar-refractivity contribution in [3.8, 4) is 5.82 Å². The molecule has 3 aromatic rings. The molecule has 25 heavy (non-hydrogen) atoms. The highest BCUT2D eigenvalue weighted by atomic mass is 16.2. The number of anilines is 1. The van der Waals surface area contributed by atoms with E-state index in [1.807, 2.05) is 21.7 Å². The number of urea groups is 1. The van der Waals surface area contributed by atoms with Crippen molar-refractivity contribution in [2.24, 2.45) is 0 Å². The lowest BCUT2D eigenvalue weighted by Crippen LogP contribution is -2.40. The van der Waals surface area contributed by atoms with Gasteiger partial charge in [-0.05, 0) is 25.0 Å². The van der Waals surface area contributed by atoms with Gasteiger partial charge >= 0.3 is 6.03 Å². The minimum absolute atomic E-state index is 0.128. The molecule has 2 amide bonds. The first-order chi connectivity index (χ1) is 12.3. The molecule has 0 radical (unpaired) electrons. The van der Waals surface area contributed by atoms with Crippen LogP contribution in [0.25, 0.3) is 5.82 Å². The third kappa shape index (κ3) is 3.21. The van der Waals surface area contributed by atoms with Crippen LogP contribution >= 0.6 is 0 Å². The number of likely N-dealkylation sites (tertiary alicyclic amines) is 1. The largest absolute Gasteiger partial charge is 0.335 e. The van der Waals surface area contributed by atoms with E-state index in [1.54, 1.807) is 31.1 Å². The molecule has 4 rings (SSSR count). The molecule has 9 heteroatoms. The van der Waals surface area contributed by atoms with E-state index in [9.17, 15) is 4.79 Å². The summed E-state index contributed by atoms with van der Waals surface area (Å²) >= 11 is 0. The van der Waals surface area contributed by atoms with E-state index in [4.69, 9.17) is 0 Å². The third-order valence-corrected chi connectivity index (χ3v) is 4.28. The van der Waals surface area contributed by atoms with Gasteiger partial charge in [-0.1, -0.05) is 0 Å². The van der Waals surface area contributed by atoms with Crippen molar-refractivity contribution < 1.29 is 4.79 Å². The second-order valence-electron chi connectivity index (χ2n) is 5.89. The molecule has 0 bridgehead atoms. The zero-order valence-electron chi connectivity index (χ0n) is 13.6. The Morgan fingerprint density at radius 2 is 2.24 bits per heavy atom. The summed E-state index contributed by atoms with van der Waals surface area (Å²) in [7, 11) is 0. The maximum absolute atomic E-state index is 12.8. The predicted molar refractivity (Wildman–Crippen MR) is 90.1 cm³/mol. The number of nitrogens with one attached hydrogen (secondary N) is 1. The number of hydrogen-bond donors (Lipinski definition) is 1. The van der Waals surface area contributed by atoms with Gasteiger partial charge in [0.1, 0.15) is 12.7 Å². The van der Waals surface area contributed by atoms with Crippen molar-refractivity contribution in [3.05, 3.63) is 49.7 Å². The van der Waals surface area contributed by atoms with Gasteiger partial charge in [-0.15, -0.1) is 0 Å². The number of nitrogens with zero attached hydrogens (tertiary/aromatic N) is 7. The lowest BCUT2D eigenvalue weighted by molar-refractivity contribution is 0.201. The molecule has 1 aliphatic heterocycles. The fourth-order valence-electron chi connectivity index (χ4n) is 3.11. The molecule has 9 nitrogen and oxygen atoms in total. The summed E-state index contributed by atoms with van der Waals surface area (Å²) in [5.74, 6) is 0.540. The maximum Gasteiger partial charge on any atom is 0.322 e. The highest BCUT2D eigenvalue weighted by Crippen LogP contribution is 2.22. The number of carbonyl (C=O) groups excluding carboxylic acids is 1. The Balaban J connectivity index is 1.50. The molecule has 3 aromatic heterocycles. The van der Waals surface area contributed by atoms with E-state index >= 15 is 0 Å². The molecule has 0 unspecified atom stereocenters. The zero-order valence-corrected chi connectivity index (χ0v) is 13.6. The molecule has 1 fully saturated rings. The summed E-state index contributed by atoms with van der Waals surface area (Å²) in [5.41, 5.74) is 0.603. The topological polar surface area (TPSA) is 93.8 Å². The Kier molecular flexibility index (Phi) is 4.11. The van der Waals surface area contributed by atoms with Crippen LogP contribution in [-0.2, 0) is 6.54 Å². The van der Waals surface area contributed by atoms with Gasteiger partial charge in [0.15, 0.2) is 5.82 Å². The molecule has 128 valence electrons. The minimum atomic E-state index is -0.128. The van der Waals surface area contributed by atoms with E-state index in [1.165, 1.54) is 11.0 Å². The monoisotopic (exact) mass is 338 g/mol. The first-order valence-corrected chi connectivity index (χ1v) is 8.14. The Bertz CT molecular complexity index is 830. The van der Waals surface area contributed by atoms with Crippen molar-refractivity contribution >= 4 is 11.7 Å². The van der Waals surface area contributed by atoms with Crippen LogP contribution in [0.5, 0.6) is 0 Å². The summed E-state index contributed by atoms with van der Waals surface area (Å²) < 4.78 is 3.53. The van der Waals surface area contributed by atoms with Crippen LogP contribution in [0.15, 0.2) is 49.7 Å². The Morgan fingerprint density at radius 1 is 1.28 bits per heavy atom. The molecule has 1 aliphatic rings. The fraction of sp³-hybridized carbons (Fsp3) is 0.312. The second-order valence-corrected chi connectivity index (χ2v) is 5.89. The molecule has 1 N–H and O–H groups in total. The van der Waals surface area contributed by atoms with Gasteiger partial charge in [0, 0.05) is 31.7 Å². The average Bonchev–Trinajstić information content (AvgIpc) is 3.38. The standard InChI is InChI=1S/C16H18N8O/c25-16(23-7-2-3-13(23)9-22-8-6-17-11-22)21-14-4-1-5-19-15(14)24-12-18-10-20-24/h1,4-6,8,10-13H,2-3,7,9H2,(H,21,25)/t13-/m1/s1. The van der Waals surface area contributed by atoms with E-state index in [2.05, 4.69) is 25.4 Å². The number of imidazole rings is 1. The first kappa shape index (κ1) is 15.3. The van der Waals surface area contributed by atoms with E-state index < -0.39 is 0 Å². The molecular formula is C16H18N8O. The SMILES string of the molecule is O=C(Nc1cccnc1-n1cncn1)N1CCC[C@@H]1Cn1ccnc1. The van der Waals surface area contributed by atoms with Crippen LogP contribution in [0, 0.1) is 0 Å². The summed E-state index contributed by atoms with van der Waals surface area (Å²) in [6.45, 7) is 1.49. The highest BCUT2D eigenvalue weighted by Gasteiger charge is 2.29. The number of amides is 2. The molecule has 0 spiro atoms. The van der Waals surface area contributed by atoms with Crippen LogP contribution in [-0.4, -0.2) is 52.8 Å². The van der Waals surface area contributed by atoms with Gasteiger partial charge in [-0.25, -0.2) is 24.4 Å². The molecule has 0 aromatic carbocycles. The molecule has 0 aliphatic carbocycles. The Morgan fingerprint density at radius 3 is 3.04 bits per heavy atom. The Hall–Kier alpha value is -3.23. The first-order valence-electron chi connectivity index (χ1n) is 8.14. The summed E-state index contributed by atoms with van der Waals surface area (Å²) in [6.07, 6.45) is 12.1. The molecule has 0 saturated carbocycles. The van der Waals surface area contributed by atoms with Crippen molar-refractivity contribution in [1.29, 1.82) is 0 Å². The van der Waals surface area contributed by atoms with Crippen molar-refractivity contribution in [2.45, 2.75) is 25.4 Å². The minimum Gasteiger partial charge on any atom is -0.335 e. The number of hydrogen-bond acceptors (Lipinski definition) is 5. The van der Waals surface area contributed by atoms with Gasteiger partial charge in [0.25, 0.3) is 0 Å². The zero-order chi connectivity index (χ0) is 17.1. The normalized spacial score (nSPS) is 17.0. The molecule has 4 heterocycles. The van der Waals surface area contributed by atoms with Gasteiger partial charge in [-0.3, -0.25) is 0 Å². The van der Waals surface area contributed by atoms with E-state index in [0.717, 1.165) is 25.9 Å². The van der Waals surface area contributed by atoms with Crippen LogP contribution in [0.4, 0.5) is 10.5 Å². The third-order valence-electron chi connectivity index (χ3n) is 4.28. The smallest absolute Gasteiger partial charge is 0.322 e. The molecule has 1 atom stereocenters. The van der Waals surface area contributed by atoms with Gasteiger partial charge in [0.2, 0.25) is 0 Å². The summed E-state index contributed by atoms with van der Waals surface area (Å²) in [6, 6.07) is 3.61. The van der Waals surface area contributed by atoms with Crippen LogP contribution in [0.1, 0.15) is 12.8 Å². The highest BCUT2D eigenvalue weighted by molar-refractivity contribution is 5.91. The molecular weight excluding hydrogens is 320 g/mol. The van der Waals surface area contributed by atoms with Crippen molar-refractivity contribution in [2.75, 3.05) is 11.9 Å². The number of aromatic nitrogens is 6.